The maximum absolute atomic E-state index is 12.7. The maximum Gasteiger partial charge on any atom is 0.159 e. The molecule has 0 radical (unpaired) electrons. The van der Waals surface area contributed by atoms with E-state index in [1.807, 2.05) is 0 Å². The highest BCUT2D eigenvalue weighted by Crippen LogP contribution is 2.09. The normalized spacial score (nSPS) is 11.5. The van der Waals surface area contributed by atoms with E-state index in [2.05, 4.69) is 9.99 Å². The summed E-state index contributed by atoms with van der Waals surface area (Å²) in [6.45, 7) is 1.65. The Hall–Kier alpha value is -1.45. The van der Waals surface area contributed by atoms with E-state index >= 15 is 0 Å². The first-order valence-corrected chi connectivity index (χ1v) is 3.68. The molecule has 2 nitrogen and oxygen atoms in total. The molecule has 13 heavy (non-hydrogen) atoms. The van der Waals surface area contributed by atoms with E-state index in [0.29, 0.717) is 11.3 Å². The minimum Gasteiger partial charge on any atom is -0.399 e. The zero-order valence-corrected chi connectivity index (χ0v) is 7.34. The van der Waals surface area contributed by atoms with E-state index in [0.717, 1.165) is 12.1 Å². The number of halogens is 2. The van der Waals surface area contributed by atoms with Gasteiger partial charge in [0.15, 0.2) is 11.6 Å². The topological polar surface area (TPSA) is 21.6 Å². The molecule has 0 aromatic heterocycles. The van der Waals surface area contributed by atoms with Crippen molar-refractivity contribution < 1.29 is 13.6 Å². The molecule has 0 aliphatic carbocycles. The van der Waals surface area contributed by atoms with Crippen molar-refractivity contribution >= 4 is 5.71 Å². The molecular weight excluding hydrogens is 176 g/mol. The van der Waals surface area contributed by atoms with Gasteiger partial charge in [-0.1, -0.05) is 5.16 Å². The first kappa shape index (κ1) is 9.64. The summed E-state index contributed by atoms with van der Waals surface area (Å²) in [7, 11) is 1.39. The van der Waals surface area contributed by atoms with Crippen molar-refractivity contribution in [2.24, 2.45) is 5.16 Å². The predicted molar refractivity (Wildman–Crippen MR) is 45.6 cm³/mol. The Balaban J connectivity index is 3.04. The predicted octanol–water partition coefficient (Wildman–Crippen LogP) is 2.34. The van der Waals surface area contributed by atoms with E-state index in [-0.39, 0.29) is 0 Å². The highest BCUT2D eigenvalue weighted by atomic mass is 19.2. The van der Waals surface area contributed by atoms with Crippen molar-refractivity contribution in [1.82, 2.24) is 0 Å². The first-order chi connectivity index (χ1) is 6.15. The van der Waals surface area contributed by atoms with Crippen LogP contribution in [0.15, 0.2) is 23.4 Å². The van der Waals surface area contributed by atoms with Crippen molar-refractivity contribution in [2.75, 3.05) is 7.11 Å². The van der Waals surface area contributed by atoms with Crippen molar-refractivity contribution in [3.63, 3.8) is 0 Å². The van der Waals surface area contributed by atoms with Crippen LogP contribution < -0.4 is 0 Å². The van der Waals surface area contributed by atoms with Gasteiger partial charge in [-0.2, -0.15) is 0 Å². The zero-order valence-electron chi connectivity index (χ0n) is 7.34. The molecule has 4 heteroatoms. The minimum atomic E-state index is -0.886. The highest BCUT2D eigenvalue weighted by Gasteiger charge is 2.04. The van der Waals surface area contributed by atoms with Crippen molar-refractivity contribution in [1.29, 1.82) is 0 Å². The molecule has 0 unspecified atom stereocenters. The van der Waals surface area contributed by atoms with Crippen LogP contribution >= 0.6 is 0 Å². The molecule has 0 atom stereocenters. The lowest BCUT2D eigenvalue weighted by molar-refractivity contribution is 0.213. The highest BCUT2D eigenvalue weighted by molar-refractivity contribution is 5.98. The molecule has 1 rings (SSSR count). The molecule has 0 heterocycles. The summed E-state index contributed by atoms with van der Waals surface area (Å²) in [4.78, 5) is 4.50. The van der Waals surface area contributed by atoms with Gasteiger partial charge in [-0.25, -0.2) is 8.78 Å². The first-order valence-electron chi connectivity index (χ1n) is 3.68. The SMILES string of the molecule is CO/N=C(\C)c1ccc(F)c(F)c1. The third-order valence-electron chi connectivity index (χ3n) is 1.57. The molecule has 0 spiro atoms. The maximum atomic E-state index is 12.7. The number of benzene rings is 1. The van der Waals surface area contributed by atoms with Crippen LogP contribution in [-0.4, -0.2) is 12.8 Å². The molecule has 1 aromatic rings. The van der Waals surface area contributed by atoms with E-state index in [1.54, 1.807) is 6.92 Å². The van der Waals surface area contributed by atoms with Gasteiger partial charge in [0.05, 0.1) is 5.71 Å². The number of nitrogens with zero attached hydrogens (tertiary/aromatic N) is 1. The summed E-state index contributed by atoms with van der Waals surface area (Å²) in [5.74, 6) is -1.75. The average molecular weight is 185 g/mol. The third kappa shape index (κ3) is 2.24. The fourth-order valence-corrected chi connectivity index (χ4v) is 0.911. The second-order valence-corrected chi connectivity index (χ2v) is 2.49. The van der Waals surface area contributed by atoms with Crippen LogP contribution in [0.3, 0.4) is 0 Å². The molecule has 0 saturated carbocycles. The van der Waals surface area contributed by atoms with E-state index in [9.17, 15) is 8.78 Å². The van der Waals surface area contributed by atoms with Crippen LogP contribution in [0.1, 0.15) is 12.5 Å². The second kappa shape index (κ2) is 3.98. The minimum absolute atomic E-state index is 0.501. The number of hydrogen-bond donors (Lipinski definition) is 0. The Morgan fingerprint density at radius 3 is 2.54 bits per heavy atom. The Morgan fingerprint density at radius 2 is 2.00 bits per heavy atom. The average Bonchev–Trinajstić information content (AvgIpc) is 2.10. The third-order valence-corrected chi connectivity index (χ3v) is 1.57. The van der Waals surface area contributed by atoms with Crippen LogP contribution in [0.5, 0.6) is 0 Å². The van der Waals surface area contributed by atoms with Crippen LogP contribution in [0.25, 0.3) is 0 Å². The fraction of sp³-hybridized carbons (Fsp3) is 0.222. The van der Waals surface area contributed by atoms with Crippen LogP contribution in [0, 0.1) is 11.6 Å². The molecule has 0 N–H and O–H groups in total. The van der Waals surface area contributed by atoms with Crippen LogP contribution in [0.4, 0.5) is 8.78 Å². The summed E-state index contributed by atoms with van der Waals surface area (Å²) >= 11 is 0. The zero-order chi connectivity index (χ0) is 9.84. The van der Waals surface area contributed by atoms with Gasteiger partial charge in [-0.15, -0.1) is 0 Å². The standard InChI is InChI=1S/C9H9F2NO/c1-6(12-13-2)7-3-4-8(10)9(11)5-7/h3-5H,1-2H3/b12-6+. The Morgan fingerprint density at radius 1 is 1.31 bits per heavy atom. The van der Waals surface area contributed by atoms with Crippen LogP contribution in [0.2, 0.25) is 0 Å². The fourth-order valence-electron chi connectivity index (χ4n) is 0.911. The van der Waals surface area contributed by atoms with Gasteiger partial charge in [0.1, 0.15) is 7.11 Å². The summed E-state index contributed by atoms with van der Waals surface area (Å²) in [6, 6.07) is 3.57. The second-order valence-electron chi connectivity index (χ2n) is 2.49. The Labute approximate surface area is 74.8 Å². The van der Waals surface area contributed by atoms with Gasteiger partial charge in [0.25, 0.3) is 0 Å². The van der Waals surface area contributed by atoms with Crippen LogP contribution in [-0.2, 0) is 4.84 Å². The van der Waals surface area contributed by atoms with Gasteiger partial charge >= 0.3 is 0 Å². The monoisotopic (exact) mass is 185 g/mol. The molecule has 0 saturated heterocycles. The van der Waals surface area contributed by atoms with Gasteiger partial charge in [-0.05, 0) is 25.1 Å². The largest absolute Gasteiger partial charge is 0.399 e. The smallest absolute Gasteiger partial charge is 0.159 e. The number of oxime groups is 1. The van der Waals surface area contributed by atoms with Gasteiger partial charge in [0, 0.05) is 5.56 Å². The lowest BCUT2D eigenvalue weighted by Crippen LogP contribution is -1.97. The van der Waals surface area contributed by atoms with Gasteiger partial charge in [-0.3, -0.25) is 0 Å². The quantitative estimate of drug-likeness (QED) is 0.512. The van der Waals surface area contributed by atoms with E-state index in [4.69, 9.17) is 0 Å². The van der Waals surface area contributed by atoms with Crippen molar-refractivity contribution in [3.8, 4) is 0 Å². The lowest BCUT2D eigenvalue weighted by Gasteiger charge is -1.99. The molecule has 0 bridgehead atoms. The number of hydrogen-bond acceptors (Lipinski definition) is 2. The van der Waals surface area contributed by atoms with Gasteiger partial charge < -0.3 is 4.84 Å². The summed E-state index contributed by atoms with van der Waals surface area (Å²) in [5.41, 5.74) is 1.00. The Kier molecular flexibility index (Phi) is 2.95. The van der Waals surface area contributed by atoms with E-state index in [1.165, 1.54) is 13.2 Å². The molecule has 0 aliphatic rings. The van der Waals surface area contributed by atoms with E-state index < -0.39 is 11.6 Å². The molecule has 0 fully saturated rings. The van der Waals surface area contributed by atoms with Crippen molar-refractivity contribution in [2.45, 2.75) is 6.92 Å². The molecular formula is C9H9F2NO. The van der Waals surface area contributed by atoms with Gasteiger partial charge in [0.2, 0.25) is 0 Å². The molecule has 0 amide bonds. The number of rotatable bonds is 2. The summed E-state index contributed by atoms with van der Waals surface area (Å²) in [5, 5.41) is 3.59. The Bertz CT molecular complexity index is 336. The lowest BCUT2D eigenvalue weighted by atomic mass is 10.1. The van der Waals surface area contributed by atoms with Crippen molar-refractivity contribution in [3.05, 3.63) is 35.4 Å². The summed E-state index contributed by atoms with van der Waals surface area (Å²) in [6.07, 6.45) is 0. The molecule has 70 valence electrons. The molecule has 0 aliphatic heterocycles. The molecule has 1 aromatic carbocycles. The summed E-state index contributed by atoms with van der Waals surface area (Å²) < 4.78 is 25.2.